The van der Waals surface area contributed by atoms with Crippen molar-refractivity contribution in [3.8, 4) is 6.07 Å². The van der Waals surface area contributed by atoms with Crippen LogP contribution in [0.4, 0.5) is 0 Å². The minimum atomic E-state index is -0.402. The topological polar surface area (TPSA) is 44.0 Å². The molecule has 1 fully saturated rings. The molecule has 74 valence electrons. The molecule has 0 spiro atoms. The van der Waals surface area contributed by atoms with Crippen LogP contribution in [0.15, 0.2) is 0 Å². The molecule has 2 nitrogen and oxygen atoms in total. The Morgan fingerprint density at radius 2 is 1.92 bits per heavy atom. The smallest absolute Gasteiger partial charge is 0.0835 e. The molecule has 0 amide bonds. The van der Waals surface area contributed by atoms with Crippen molar-refractivity contribution in [3.63, 3.8) is 0 Å². The third kappa shape index (κ3) is 1.71. The van der Waals surface area contributed by atoms with Gasteiger partial charge in [-0.05, 0) is 18.8 Å². The summed E-state index contributed by atoms with van der Waals surface area (Å²) in [7, 11) is 0. The van der Waals surface area contributed by atoms with Gasteiger partial charge in [-0.2, -0.15) is 5.26 Å². The fourth-order valence-electron chi connectivity index (χ4n) is 2.22. The first-order chi connectivity index (χ1) is 6.20. The maximum absolute atomic E-state index is 10.1. The molecule has 0 aromatic rings. The second-order valence-corrected chi connectivity index (χ2v) is 4.14. The zero-order valence-electron chi connectivity index (χ0n) is 8.58. The van der Waals surface area contributed by atoms with Crippen molar-refractivity contribution in [1.82, 2.24) is 0 Å². The first kappa shape index (κ1) is 10.5. The minimum Gasteiger partial charge on any atom is -0.391 e. The second kappa shape index (κ2) is 4.11. The summed E-state index contributed by atoms with van der Waals surface area (Å²) in [4.78, 5) is 0. The SMILES string of the molecule is CCC(CC)C(O)C1(C#N)CCC1. The average molecular weight is 181 g/mol. The highest BCUT2D eigenvalue weighted by Crippen LogP contribution is 2.46. The van der Waals surface area contributed by atoms with Gasteiger partial charge in [0.15, 0.2) is 0 Å². The fourth-order valence-corrected chi connectivity index (χ4v) is 2.22. The van der Waals surface area contributed by atoms with E-state index in [-0.39, 0.29) is 0 Å². The van der Waals surface area contributed by atoms with E-state index < -0.39 is 11.5 Å². The van der Waals surface area contributed by atoms with Gasteiger partial charge in [-0.1, -0.05) is 33.1 Å². The Balaban J connectivity index is 2.64. The summed E-state index contributed by atoms with van der Waals surface area (Å²) in [5.41, 5.74) is -0.392. The highest BCUT2D eigenvalue weighted by Gasteiger charge is 2.46. The molecule has 0 aliphatic heterocycles. The van der Waals surface area contributed by atoms with Crippen molar-refractivity contribution in [1.29, 1.82) is 5.26 Å². The van der Waals surface area contributed by atoms with Crippen LogP contribution in [0.3, 0.4) is 0 Å². The lowest BCUT2D eigenvalue weighted by molar-refractivity contribution is -0.0329. The summed E-state index contributed by atoms with van der Waals surface area (Å²) in [5.74, 6) is 0.306. The molecule has 1 atom stereocenters. The van der Waals surface area contributed by atoms with Crippen LogP contribution in [-0.2, 0) is 0 Å². The molecule has 13 heavy (non-hydrogen) atoms. The van der Waals surface area contributed by atoms with Gasteiger partial charge in [0.1, 0.15) is 0 Å². The van der Waals surface area contributed by atoms with Crippen LogP contribution in [0.1, 0.15) is 46.0 Å². The van der Waals surface area contributed by atoms with Gasteiger partial charge in [-0.3, -0.25) is 0 Å². The lowest BCUT2D eigenvalue weighted by Gasteiger charge is -2.42. The lowest BCUT2D eigenvalue weighted by Crippen LogP contribution is -2.44. The van der Waals surface area contributed by atoms with Gasteiger partial charge in [0.2, 0.25) is 0 Å². The highest BCUT2D eigenvalue weighted by molar-refractivity contribution is 5.09. The summed E-state index contributed by atoms with van der Waals surface area (Å²) in [6.45, 7) is 4.17. The van der Waals surface area contributed by atoms with Gasteiger partial charge in [0.05, 0.1) is 17.6 Å². The van der Waals surface area contributed by atoms with Gasteiger partial charge in [-0.25, -0.2) is 0 Å². The van der Waals surface area contributed by atoms with Crippen LogP contribution in [0.2, 0.25) is 0 Å². The summed E-state index contributed by atoms with van der Waals surface area (Å²) < 4.78 is 0. The van der Waals surface area contributed by atoms with Crippen LogP contribution in [0.25, 0.3) is 0 Å². The third-order valence-electron chi connectivity index (χ3n) is 3.53. The number of aliphatic hydroxyl groups is 1. The number of nitrogens with zero attached hydrogens (tertiary/aromatic N) is 1. The summed E-state index contributed by atoms with van der Waals surface area (Å²) in [6.07, 6.45) is 4.43. The maximum Gasteiger partial charge on any atom is 0.0835 e. The van der Waals surface area contributed by atoms with E-state index >= 15 is 0 Å². The molecule has 1 aliphatic carbocycles. The normalized spacial score (nSPS) is 22.1. The molecule has 1 rings (SSSR count). The molecule has 1 N–H and O–H groups in total. The molecule has 2 heteroatoms. The van der Waals surface area contributed by atoms with E-state index in [2.05, 4.69) is 19.9 Å². The first-order valence-electron chi connectivity index (χ1n) is 5.29. The fraction of sp³-hybridized carbons (Fsp3) is 0.909. The Hall–Kier alpha value is -0.550. The van der Waals surface area contributed by atoms with Crippen molar-refractivity contribution < 1.29 is 5.11 Å². The zero-order chi connectivity index (χ0) is 9.90. The predicted octanol–water partition coefficient (Wildman–Crippen LogP) is 2.48. The molecule has 1 unspecified atom stereocenters. The van der Waals surface area contributed by atoms with Gasteiger partial charge in [-0.15, -0.1) is 0 Å². The van der Waals surface area contributed by atoms with Crippen LogP contribution in [0.5, 0.6) is 0 Å². The van der Waals surface area contributed by atoms with E-state index in [1.807, 2.05) is 0 Å². The molecule has 0 radical (unpaired) electrons. The number of rotatable bonds is 4. The molecule has 1 aliphatic rings. The Bertz CT molecular complexity index is 199. The Kier molecular flexibility index (Phi) is 3.33. The van der Waals surface area contributed by atoms with Crippen molar-refractivity contribution in [2.24, 2.45) is 11.3 Å². The largest absolute Gasteiger partial charge is 0.391 e. The molecule has 0 bridgehead atoms. The quantitative estimate of drug-likeness (QED) is 0.724. The molecule has 0 aromatic carbocycles. The molecule has 0 saturated heterocycles. The van der Waals surface area contributed by atoms with Gasteiger partial charge >= 0.3 is 0 Å². The zero-order valence-corrected chi connectivity index (χ0v) is 8.58. The Morgan fingerprint density at radius 3 is 2.15 bits per heavy atom. The first-order valence-corrected chi connectivity index (χ1v) is 5.29. The maximum atomic E-state index is 10.1. The molecular formula is C11H19NO. The standard InChI is InChI=1S/C11H19NO/c1-3-9(4-2)10(13)11(8-12)6-5-7-11/h9-10,13H,3-7H2,1-2H3. The monoisotopic (exact) mass is 181 g/mol. The summed E-state index contributed by atoms with van der Waals surface area (Å²) >= 11 is 0. The summed E-state index contributed by atoms with van der Waals surface area (Å²) in [6, 6.07) is 2.31. The Morgan fingerprint density at radius 1 is 1.38 bits per heavy atom. The number of nitriles is 1. The van der Waals surface area contributed by atoms with Crippen molar-refractivity contribution in [2.75, 3.05) is 0 Å². The highest BCUT2D eigenvalue weighted by atomic mass is 16.3. The minimum absolute atomic E-state index is 0.306. The van der Waals surface area contributed by atoms with Crippen LogP contribution < -0.4 is 0 Å². The van der Waals surface area contributed by atoms with Crippen molar-refractivity contribution in [3.05, 3.63) is 0 Å². The third-order valence-corrected chi connectivity index (χ3v) is 3.53. The molecule has 0 aromatic heterocycles. The van der Waals surface area contributed by atoms with E-state index in [1.165, 1.54) is 0 Å². The van der Waals surface area contributed by atoms with E-state index in [4.69, 9.17) is 5.26 Å². The van der Waals surface area contributed by atoms with Gasteiger partial charge in [0.25, 0.3) is 0 Å². The number of aliphatic hydroxyl groups excluding tert-OH is 1. The van der Waals surface area contributed by atoms with Crippen LogP contribution in [-0.4, -0.2) is 11.2 Å². The summed E-state index contributed by atoms with van der Waals surface area (Å²) in [5, 5.41) is 19.1. The van der Waals surface area contributed by atoms with E-state index in [9.17, 15) is 5.11 Å². The second-order valence-electron chi connectivity index (χ2n) is 4.14. The molecule has 1 saturated carbocycles. The van der Waals surface area contributed by atoms with Crippen LogP contribution >= 0.6 is 0 Å². The van der Waals surface area contributed by atoms with E-state index in [0.29, 0.717) is 5.92 Å². The average Bonchev–Trinajstić information content (AvgIpc) is 2.05. The van der Waals surface area contributed by atoms with Gasteiger partial charge < -0.3 is 5.11 Å². The number of hydrogen-bond acceptors (Lipinski definition) is 2. The molecule has 0 heterocycles. The Labute approximate surface area is 80.6 Å². The number of hydrogen-bond donors (Lipinski definition) is 1. The molecular weight excluding hydrogens is 162 g/mol. The van der Waals surface area contributed by atoms with Crippen molar-refractivity contribution >= 4 is 0 Å². The van der Waals surface area contributed by atoms with E-state index in [0.717, 1.165) is 32.1 Å². The lowest BCUT2D eigenvalue weighted by atomic mass is 9.62. The van der Waals surface area contributed by atoms with Crippen LogP contribution in [0, 0.1) is 22.7 Å². The van der Waals surface area contributed by atoms with E-state index in [1.54, 1.807) is 0 Å². The predicted molar refractivity (Wildman–Crippen MR) is 52.0 cm³/mol. The van der Waals surface area contributed by atoms with Gasteiger partial charge in [0, 0.05) is 0 Å². The van der Waals surface area contributed by atoms with Crippen molar-refractivity contribution in [2.45, 2.75) is 52.1 Å².